The summed E-state index contributed by atoms with van der Waals surface area (Å²) < 4.78 is 11.4. The van der Waals surface area contributed by atoms with E-state index in [4.69, 9.17) is 21.1 Å². The molecule has 1 heterocycles. The number of aryl methyl sites for hydroxylation is 1. The summed E-state index contributed by atoms with van der Waals surface area (Å²) in [5.41, 5.74) is 3.53. The van der Waals surface area contributed by atoms with Crippen LogP contribution in [0.5, 0.6) is 11.5 Å². The highest BCUT2D eigenvalue weighted by Crippen LogP contribution is 2.30. The minimum atomic E-state index is -0.520. The molecule has 1 saturated heterocycles. The molecular formula is C25H21ClN2O4. The summed E-state index contributed by atoms with van der Waals surface area (Å²) in [6, 6.07) is 19.4. The summed E-state index contributed by atoms with van der Waals surface area (Å²) in [5, 5.41) is 3.13. The SMILES string of the molecule is COc1cc(/C=C2/NC(=O)N(c3ccc(Cl)cc3)C2=O)ccc1OCc1ccc(C)cc1. The Morgan fingerprint density at radius 1 is 0.969 bits per heavy atom. The van der Waals surface area contributed by atoms with Gasteiger partial charge in [0.15, 0.2) is 11.5 Å². The van der Waals surface area contributed by atoms with Crippen molar-refractivity contribution in [2.45, 2.75) is 13.5 Å². The number of ether oxygens (including phenoxy) is 2. The molecular weight excluding hydrogens is 428 g/mol. The first kappa shape index (κ1) is 21.5. The molecule has 0 unspecified atom stereocenters. The van der Waals surface area contributed by atoms with Crippen LogP contribution in [0.15, 0.2) is 72.4 Å². The lowest BCUT2D eigenvalue weighted by Gasteiger charge is -2.12. The van der Waals surface area contributed by atoms with Crippen LogP contribution < -0.4 is 19.7 Å². The molecule has 1 aliphatic rings. The van der Waals surface area contributed by atoms with Crippen LogP contribution in [-0.4, -0.2) is 19.0 Å². The van der Waals surface area contributed by atoms with Crippen molar-refractivity contribution in [3.63, 3.8) is 0 Å². The first-order valence-electron chi connectivity index (χ1n) is 9.93. The Morgan fingerprint density at radius 2 is 1.69 bits per heavy atom. The van der Waals surface area contributed by atoms with Gasteiger partial charge in [0.1, 0.15) is 12.3 Å². The van der Waals surface area contributed by atoms with Gasteiger partial charge in [-0.2, -0.15) is 0 Å². The van der Waals surface area contributed by atoms with E-state index in [2.05, 4.69) is 5.32 Å². The van der Waals surface area contributed by atoms with Crippen molar-refractivity contribution >= 4 is 35.3 Å². The van der Waals surface area contributed by atoms with Crippen molar-refractivity contribution in [3.8, 4) is 11.5 Å². The third kappa shape index (κ3) is 4.60. The van der Waals surface area contributed by atoms with E-state index < -0.39 is 11.9 Å². The van der Waals surface area contributed by atoms with Gasteiger partial charge in [-0.05, 0) is 60.5 Å². The van der Waals surface area contributed by atoms with E-state index in [-0.39, 0.29) is 5.70 Å². The van der Waals surface area contributed by atoms with Gasteiger partial charge >= 0.3 is 6.03 Å². The highest BCUT2D eigenvalue weighted by Gasteiger charge is 2.34. The lowest BCUT2D eigenvalue weighted by molar-refractivity contribution is -0.113. The number of rotatable bonds is 6. The Hall–Kier alpha value is -3.77. The lowest BCUT2D eigenvalue weighted by Crippen LogP contribution is -2.30. The van der Waals surface area contributed by atoms with Gasteiger partial charge in [0.05, 0.1) is 12.8 Å². The molecule has 162 valence electrons. The molecule has 0 spiro atoms. The van der Waals surface area contributed by atoms with Crippen molar-refractivity contribution < 1.29 is 19.1 Å². The van der Waals surface area contributed by atoms with Gasteiger partial charge in [0, 0.05) is 5.02 Å². The predicted molar refractivity (Wildman–Crippen MR) is 124 cm³/mol. The number of hydrogen-bond donors (Lipinski definition) is 1. The smallest absolute Gasteiger partial charge is 0.333 e. The van der Waals surface area contributed by atoms with E-state index in [1.807, 2.05) is 31.2 Å². The van der Waals surface area contributed by atoms with Crippen LogP contribution >= 0.6 is 11.6 Å². The summed E-state index contributed by atoms with van der Waals surface area (Å²) in [6.07, 6.45) is 1.60. The minimum absolute atomic E-state index is 0.167. The molecule has 3 amide bonds. The van der Waals surface area contributed by atoms with E-state index in [0.717, 1.165) is 10.5 Å². The summed E-state index contributed by atoms with van der Waals surface area (Å²) in [5.74, 6) is 0.661. The average Bonchev–Trinajstić information content (AvgIpc) is 3.07. The summed E-state index contributed by atoms with van der Waals surface area (Å²) in [7, 11) is 1.55. The van der Waals surface area contributed by atoms with Gasteiger partial charge in [-0.15, -0.1) is 0 Å². The number of anilines is 1. The van der Waals surface area contributed by atoms with Crippen molar-refractivity contribution in [2.75, 3.05) is 12.0 Å². The number of nitrogens with one attached hydrogen (secondary N) is 1. The number of carbonyl (C=O) groups is 2. The molecule has 0 bridgehead atoms. The molecule has 6 nitrogen and oxygen atoms in total. The summed E-state index contributed by atoms with van der Waals surface area (Å²) in [4.78, 5) is 26.2. The quantitative estimate of drug-likeness (QED) is 0.408. The van der Waals surface area contributed by atoms with Crippen molar-refractivity contribution in [1.82, 2.24) is 5.32 Å². The normalized spacial score (nSPS) is 14.6. The maximum atomic E-state index is 12.8. The third-order valence-electron chi connectivity index (χ3n) is 4.98. The zero-order valence-corrected chi connectivity index (χ0v) is 18.3. The number of hydrogen-bond acceptors (Lipinski definition) is 4. The molecule has 4 rings (SSSR count). The second-order valence-electron chi connectivity index (χ2n) is 7.29. The number of imide groups is 1. The molecule has 0 atom stereocenters. The number of amides is 3. The van der Waals surface area contributed by atoms with Gasteiger partial charge < -0.3 is 14.8 Å². The first-order chi connectivity index (χ1) is 15.4. The molecule has 3 aromatic carbocycles. The average molecular weight is 449 g/mol. The van der Waals surface area contributed by atoms with Gasteiger partial charge in [0.2, 0.25) is 0 Å². The highest BCUT2D eigenvalue weighted by atomic mass is 35.5. The van der Waals surface area contributed by atoms with Gasteiger partial charge in [-0.25, -0.2) is 9.69 Å². The van der Waals surface area contributed by atoms with E-state index in [1.54, 1.807) is 55.7 Å². The van der Waals surface area contributed by atoms with Crippen molar-refractivity contribution in [3.05, 3.63) is 94.1 Å². The predicted octanol–water partition coefficient (Wildman–Crippen LogP) is 5.33. The fourth-order valence-electron chi connectivity index (χ4n) is 3.27. The second-order valence-corrected chi connectivity index (χ2v) is 7.73. The number of benzene rings is 3. The molecule has 1 N–H and O–H groups in total. The highest BCUT2D eigenvalue weighted by molar-refractivity contribution is 6.31. The third-order valence-corrected chi connectivity index (χ3v) is 5.23. The van der Waals surface area contributed by atoms with Crippen LogP contribution in [0.3, 0.4) is 0 Å². The Balaban J connectivity index is 1.52. The van der Waals surface area contributed by atoms with Crippen molar-refractivity contribution in [1.29, 1.82) is 0 Å². The van der Waals surface area contributed by atoms with E-state index >= 15 is 0 Å². The second kappa shape index (κ2) is 9.16. The van der Waals surface area contributed by atoms with E-state index in [9.17, 15) is 9.59 Å². The zero-order chi connectivity index (χ0) is 22.7. The van der Waals surface area contributed by atoms with E-state index in [0.29, 0.717) is 34.4 Å². The molecule has 32 heavy (non-hydrogen) atoms. The zero-order valence-electron chi connectivity index (χ0n) is 17.6. The molecule has 7 heteroatoms. The van der Waals surface area contributed by atoms with Gasteiger partial charge in [0.25, 0.3) is 5.91 Å². The van der Waals surface area contributed by atoms with Crippen LogP contribution in [0.2, 0.25) is 5.02 Å². The molecule has 0 saturated carbocycles. The molecule has 0 aliphatic carbocycles. The maximum absolute atomic E-state index is 12.8. The fraction of sp³-hybridized carbons (Fsp3) is 0.120. The molecule has 1 aliphatic heterocycles. The van der Waals surface area contributed by atoms with Crippen LogP contribution in [0.1, 0.15) is 16.7 Å². The van der Waals surface area contributed by atoms with Crippen LogP contribution in [0.4, 0.5) is 10.5 Å². The van der Waals surface area contributed by atoms with Crippen LogP contribution in [-0.2, 0) is 11.4 Å². The van der Waals surface area contributed by atoms with E-state index in [1.165, 1.54) is 5.56 Å². The lowest BCUT2D eigenvalue weighted by atomic mass is 10.1. The van der Waals surface area contributed by atoms with Crippen molar-refractivity contribution in [2.24, 2.45) is 0 Å². The Bertz CT molecular complexity index is 1190. The molecule has 1 fully saturated rings. The molecule has 3 aromatic rings. The maximum Gasteiger partial charge on any atom is 0.333 e. The number of methoxy groups -OCH3 is 1. The Labute approximate surface area is 191 Å². The largest absolute Gasteiger partial charge is 0.493 e. The Morgan fingerprint density at radius 3 is 2.38 bits per heavy atom. The summed E-state index contributed by atoms with van der Waals surface area (Å²) in [6.45, 7) is 2.44. The number of carbonyl (C=O) groups excluding carboxylic acids is 2. The Kier molecular flexibility index (Phi) is 6.14. The number of urea groups is 1. The monoisotopic (exact) mass is 448 g/mol. The first-order valence-corrected chi connectivity index (χ1v) is 10.3. The minimum Gasteiger partial charge on any atom is -0.493 e. The van der Waals surface area contributed by atoms with Gasteiger partial charge in [-0.3, -0.25) is 4.79 Å². The molecule has 0 radical (unpaired) electrons. The fourth-order valence-corrected chi connectivity index (χ4v) is 3.39. The molecule has 0 aromatic heterocycles. The topological polar surface area (TPSA) is 67.9 Å². The van der Waals surface area contributed by atoms with Gasteiger partial charge in [-0.1, -0.05) is 47.5 Å². The van der Waals surface area contributed by atoms with Crippen LogP contribution in [0, 0.1) is 6.92 Å². The number of halogens is 1. The standard InChI is InChI=1S/C25H21ClN2O4/c1-16-3-5-17(6-4-16)15-32-22-12-7-18(14-23(22)31-2)13-21-24(29)28(25(30)27-21)20-10-8-19(26)9-11-20/h3-14H,15H2,1-2H3,(H,27,30)/b21-13+. The van der Waals surface area contributed by atoms with Crippen LogP contribution in [0.25, 0.3) is 6.08 Å². The summed E-state index contributed by atoms with van der Waals surface area (Å²) >= 11 is 5.89. The number of nitrogens with zero attached hydrogens (tertiary/aromatic N) is 1.